The number of fused-ring (bicyclic) bond motifs is 3. The number of rotatable bonds is 10. The second kappa shape index (κ2) is 11.6. The van der Waals surface area contributed by atoms with Gasteiger partial charge in [0.15, 0.2) is 0 Å². The van der Waals surface area contributed by atoms with Gasteiger partial charge in [-0.2, -0.15) is 0 Å². The normalized spacial score (nSPS) is 12.5. The Kier molecular flexibility index (Phi) is 8.38. The van der Waals surface area contributed by atoms with Crippen LogP contribution in [0.3, 0.4) is 0 Å². The van der Waals surface area contributed by atoms with Crippen LogP contribution in [0, 0.1) is 0 Å². The summed E-state index contributed by atoms with van der Waals surface area (Å²) >= 11 is 0. The number of ether oxygens (including phenoxy) is 2. The van der Waals surface area contributed by atoms with Crippen LogP contribution in [0.5, 0.6) is 0 Å². The Morgan fingerprint density at radius 2 is 1.46 bits per heavy atom. The average Bonchev–Trinajstić information content (AvgIpc) is 3.18. The molecule has 3 amide bonds. The van der Waals surface area contributed by atoms with Gasteiger partial charge in [0.25, 0.3) is 0 Å². The zero-order valence-electron chi connectivity index (χ0n) is 18.9. The molecule has 1 atom stereocenters. The number of hydrogen-bond acceptors (Lipinski definition) is 7. The number of esters is 1. The summed E-state index contributed by atoms with van der Waals surface area (Å²) in [4.78, 5) is 58.3. The second-order valence-corrected chi connectivity index (χ2v) is 7.69. The number of carboxylic acids is 1. The Hall–Kier alpha value is -4.41. The van der Waals surface area contributed by atoms with Crippen LogP contribution in [0.2, 0.25) is 0 Å². The van der Waals surface area contributed by atoms with Gasteiger partial charge in [0.1, 0.15) is 19.2 Å². The highest BCUT2D eigenvalue weighted by atomic mass is 16.5. The van der Waals surface area contributed by atoms with E-state index < -0.39 is 55.4 Å². The molecule has 0 bridgehead atoms. The van der Waals surface area contributed by atoms with E-state index in [0.717, 1.165) is 29.4 Å². The summed E-state index contributed by atoms with van der Waals surface area (Å²) in [5, 5.41) is 15.7. The van der Waals surface area contributed by atoms with Gasteiger partial charge < -0.3 is 30.5 Å². The van der Waals surface area contributed by atoms with Crippen molar-refractivity contribution in [1.29, 1.82) is 0 Å². The van der Waals surface area contributed by atoms with Crippen molar-refractivity contribution in [3.05, 3.63) is 59.7 Å². The first kappa shape index (κ1) is 25.2. The van der Waals surface area contributed by atoms with Gasteiger partial charge >= 0.3 is 18.0 Å². The van der Waals surface area contributed by atoms with Crippen molar-refractivity contribution in [2.24, 2.45) is 0 Å². The lowest BCUT2D eigenvalue weighted by Crippen LogP contribution is -2.47. The smallest absolute Gasteiger partial charge is 0.407 e. The van der Waals surface area contributed by atoms with Gasteiger partial charge in [-0.25, -0.2) is 9.59 Å². The lowest BCUT2D eigenvalue weighted by molar-refractivity contribution is -0.148. The Bertz CT molecular complexity index is 1090. The number of benzene rings is 2. The van der Waals surface area contributed by atoms with Crippen LogP contribution in [0.25, 0.3) is 11.1 Å². The van der Waals surface area contributed by atoms with Crippen molar-refractivity contribution in [3.8, 4) is 11.1 Å². The summed E-state index contributed by atoms with van der Waals surface area (Å²) in [6.45, 7) is -0.911. The van der Waals surface area contributed by atoms with Crippen molar-refractivity contribution in [2.45, 2.75) is 18.4 Å². The Balaban J connectivity index is 1.42. The molecule has 35 heavy (non-hydrogen) atoms. The zero-order valence-corrected chi connectivity index (χ0v) is 18.9. The number of carboxylic acid groups (broad SMARTS) is 1. The fourth-order valence-electron chi connectivity index (χ4n) is 3.74. The minimum Gasteiger partial charge on any atom is -0.480 e. The molecular formula is C24H25N3O8. The lowest BCUT2D eigenvalue weighted by atomic mass is 9.98. The van der Waals surface area contributed by atoms with E-state index in [4.69, 9.17) is 9.84 Å². The number of hydrogen-bond donors (Lipinski definition) is 4. The molecule has 2 aromatic rings. The monoisotopic (exact) mass is 483 g/mol. The predicted molar refractivity (Wildman–Crippen MR) is 122 cm³/mol. The molecule has 11 nitrogen and oxygen atoms in total. The first-order valence-corrected chi connectivity index (χ1v) is 10.7. The van der Waals surface area contributed by atoms with Gasteiger partial charge in [0, 0.05) is 5.92 Å². The number of carbonyl (C=O) groups is 5. The SMILES string of the molecule is COC(=O)C[C@H](NC(=O)CNC(=O)CNC(=O)OCC1c2ccccc2-c2ccccc21)C(=O)O. The van der Waals surface area contributed by atoms with Crippen LogP contribution in [-0.4, -0.2) is 67.8 Å². The zero-order chi connectivity index (χ0) is 25.4. The van der Waals surface area contributed by atoms with Crippen molar-refractivity contribution >= 4 is 29.8 Å². The fraction of sp³-hybridized carbons (Fsp3) is 0.292. The molecule has 0 radical (unpaired) electrons. The third-order valence-corrected chi connectivity index (χ3v) is 5.41. The second-order valence-electron chi connectivity index (χ2n) is 7.69. The molecule has 184 valence electrons. The maximum absolute atomic E-state index is 12.1. The molecule has 0 fully saturated rings. The number of nitrogens with one attached hydrogen (secondary N) is 3. The molecule has 0 saturated carbocycles. The Morgan fingerprint density at radius 1 is 0.886 bits per heavy atom. The molecule has 0 unspecified atom stereocenters. The third-order valence-electron chi connectivity index (χ3n) is 5.41. The number of aliphatic carboxylic acids is 1. The number of carbonyl (C=O) groups excluding carboxylic acids is 4. The van der Waals surface area contributed by atoms with E-state index in [0.29, 0.717) is 0 Å². The van der Waals surface area contributed by atoms with E-state index in [-0.39, 0.29) is 12.5 Å². The largest absolute Gasteiger partial charge is 0.480 e. The fourth-order valence-corrected chi connectivity index (χ4v) is 3.74. The first-order chi connectivity index (χ1) is 16.8. The van der Waals surface area contributed by atoms with Gasteiger partial charge in [0.2, 0.25) is 11.8 Å². The van der Waals surface area contributed by atoms with Crippen LogP contribution in [0.1, 0.15) is 23.5 Å². The van der Waals surface area contributed by atoms with Gasteiger partial charge in [0.05, 0.1) is 20.1 Å². The maximum atomic E-state index is 12.1. The van der Waals surface area contributed by atoms with Crippen molar-refractivity contribution in [2.75, 3.05) is 26.8 Å². The summed E-state index contributed by atoms with van der Waals surface area (Å²) < 4.78 is 9.70. The number of amides is 3. The number of alkyl carbamates (subject to hydrolysis) is 1. The van der Waals surface area contributed by atoms with Crippen molar-refractivity contribution in [3.63, 3.8) is 0 Å². The van der Waals surface area contributed by atoms with Gasteiger partial charge in [-0.3, -0.25) is 14.4 Å². The van der Waals surface area contributed by atoms with E-state index in [9.17, 15) is 24.0 Å². The molecule has 2 aromatic carbocycles. The average molecular weight is 483 g/mol. The molecule has 1 aliphatic carbocycles. The minimum absolute atomic E-state index is 0.0840. The predicted octanol–water partition coefficient (Wildman–Crippen LogP) is 0.774. The first-order valence-electron chi connectivity index (χ1n) is 10.7. The summed E-state index contributed by atoms with van der Waals surface area (Å²) in [6, 6.07) is 14.3. The van der Waals surface area contributed by atoms with Gasteiger partial charge in [-0.05, 0) is 22.3 Å². The quantitative estimate of drug-likeness (QED) is 0.361. The lowest BCUT2D eigenvalue weighted by Gasteiger charge is -2.15. The van der Waals surface area contributed by atoms with E-state index in [1.54, 1.807) is 0 Å². The molecule has 3 rings (SSSR count). The highest BCUT2D eigenvalue weighted by Crippen LogP contribution is 2.44. The summed E-state index contributed by atoms with van der Waals surface area (Å²) in [5.41, 5.74) is 4.28. The van der Waals surface area contributed by atoms with E-state index >= 15 is 0 Å². The topological polar surface area (TPSA) is 160 Å². The molecular weight excluding hydrogens is 458 g/mol. The standard InChI is InChI=1S/C24H25N3O8/c1-34-22(30)10-19(23(31)32)27-21(29)12-25-20(28)11-26-24(33)35-13-18-16-8-4-2-6-14(16)15-7-3-5-9-17(15)18/h2-9,18-19H,10-13H2,1H3,(H,25,28)(H,26,33)(H,27,29)(H,31,32)/t19-/m0/s1. The van der Waals surface area contributed by atoms with Crippen LogP contribution in [0.15, 0.2) is 48.5 Å². The summed E-state index contributed by atoms with van der Waals surface area (Å²) in [5.74, 6) is -3.87. The van der Waals surface area contributed by atoms with Crippen LogP contribution in [-0.2, 0) is 28.7 Å². The van der Waals surface area contributed by atoms with Crippen molar-refractivity contribution in [1.82, 2.24) is 16.0 Å². The molecule has 0 aromatic heterocycles. The van der Waals surface area contributed by atoms with Crippen LogP contribution in [0.4, 0.5) is 4.79 Å². The molecule has 1 aliphatic rings. The Morgan fingerprint density at radius 3 is 2.03 bits per heavy atom. The Labute approximate surface area is 200 Å². The molecule has 4 N–H and O–H groups in total. The van der Waals surface area contributed by atoms with E-state index in [1.165, 1.54) is 0 Å². The molecule has 11 heteroatoms. The van der Waals surface area contributed by atoms with Crippen LogP contribution < -0.4 is 16.0 Å². The maximum Gasteiger partial charge on any atom is 0.407 e. The van der Waals surface area contributed by atoms with Gasteiger partial charge in [-0.1, -0.05) is 48.5 Å². The molecule has 0 heterocycles. The van der Waals surface area contributed by atoms with Crippen molar-refractivity contribution < 1.29 is 38.6 Å². The molecule has 0 saturated heterocycles. The van der Waals surface area contributed by atoms with Gasteiger partial charge in [-0.15, -0.1) is 0 Å². The summed E-state index contributed by atoms with van der Waals surface area (Å²) in [7, 11) is 1.09. The molecule has 0 spiro atoms. The molecule has 0 aliphatic heterocycles. The highest BCUT2D eigenvalue weighted by molar-refractivity contribution is 5.90. The number of methoxy groups -OCH3 is 1. The summed E-state index contributed by atoms with van der Waals surface area (Å²) in [6.07, 6.45) is -1.36. The minimum atomic E-state index is -1.49. The highest BCUT2D eigenvalue weighted by Gasteiger charge is 2.29. The van der Waals surface area contributed by atoms with Crippen LogP contribution >= 0.6 is 0 Å². The third kappa shape index (κ3) is 6.56. The van der Waals surface area contributed by atoms with E-state index in [2.05, 4.69) is 20.7 Å². The van der Waals surface area contributed by atoms with E-state index in [1.807, 2.05) is 48.5 Å².